The van der Waals surface area contributed by atoms with E-state index in [-0.39, 0.29) is 57.2 Å². The molecule has 0 aliphatic carbocycles. The zero-order valence-corrected chi connectivity index (χ0v) is 29.2. The number of carbonyl (C=O) groups excluding carboxylic acids is 3. The van der Waals surface area contributed by atoms with Gasteiger partial charge in [0.15, 0.2) is 0 Å². The first kappa shape index (κ1) is 46.5. The average molecular weight is 721 g/mol. The maximum absolute atomic E-state index is 12.4. The number of ketones is 1. The second-order valence-corrected chi connectivity index (χ2v) is 10.6. The van der Waals surface area contributed by atoms with Gasteiger partial charge in [-0.1, -0.05) is 18.9 Å². The van der Waals surface area contributed by atoms with Crippen LogP contribution in [0.4, 0.5) is 0 Å². The van der Waals surface area contributed by atoms with E-state index in [1.54, 1.807) is 13.8 Å². The Hall–Kier alpha value is -1.52. The molecule has 17 nitrogen and oxygen atoms in total. The Morgan fingerprint density at radius 2 is 1.04 bits per heavy atom. The fourth-order valence-corrected chi connectivity index (χ4v) is 3.96. The van der Waals surface area contributed by atoms with Gasteiger partial charge in [-0.3, -0.25) is 14.4 Å². The summed E-state index contributed by atoms with van der Waals surface area (Å²) in [5.41, 5.74) is 0. The third-order valence-corrected chi connectivity index (χ3v) is 6.60. The summed E-state index contributed by atoms with van der Waals surface area (Å²) in [7, 11) is 0. The highest BCUT2D eigenvalue weighted by Gasteiger charge is 2.26. The van der Waals surface area contributed by atoms with E-state index in [1.165, 1.54) is 0 Å². The van der Waals surface area contributed by atoms with Crippen LogP contribution >= 0.6 is 12.0 Å². The first-order valence-electron chi connectivity index (χ1n) is 16.1. The maximum Gasteiger partial charge on any atom is 0.308 e. The monoisotopic (exact) mass is 720 g/mol. The molecule has 0 spiro atoms. The lowest BCUT2D eigenvalue weighted by Crippen LogP contribution is -2.27. The molecule has 0 saturated heterocycles. The lowest BCUT2D eigenvalue weighted by Gasteiger charge is -2.19. The summed E-state index contributed by atoms with van der Waals surface area (Å²) in [5, 5.41) is 20.1. The van der Waals surface area contributed by atoms with Gasteiger partial charge in [-0.25, -0.2) is 5.26 Å². The average Bonchev–Trinajstić information content (AvgIpc) is 3.09. The molecule has 0 aliphatic rings. The predicted octanol–water partition coefficient (Wildman–Crippen LogP) is 1.28. The molecule has 0 heterocycles. The minimum absolute atomic E-state index is 0.00690. The number of aliphatic hydroxyl groups is 1. The molecule has 2 unspecified atom stereocenters. The van der Waals surface area contributed by atoms with Crippen molar-refractivity contribution < 1.29 is 81.5 Å². The molecule has 18 heteroatoms. The normalized spacial score (nSPS) is 12.6. The molecule has 0 aromatic heterocycles. The molecule has 0 amide bonds. The number of Topliss-reactive ketones (excluding diaryl/α,β-unsaturated/α-hetero) is 1. The van der Waals surface area contributed by atoms with Crippen LogP contribution in [0.1, 0.15) is 33.1 Å². The molecule has 0 aromatic carbocycles. The molecule has 0 aliphatic heterocycles. The van der Waals surface area contributed by atoms with Crippen molar-refractivity contribution in [3.63, 3.8) is 0 Å². The van der Waals surface area contributed by atoms with Crippen molar-refractivity contribution in [2.75, 3.05) is 131 Å². The van der Waals surface area contributed by atoms with Gasteiger partial charge in [0.05, 0.1) is 131 Å². The molecule has 0 fully saturated rings. The van der Waals surface area contributed by atoms with Crippen LogP contribution in [0.3, 0.4) is 0 Å². The third-order valence-electron chi connectivity index (χ3n) is 6.07. The minimum atomic E-state index is -0.625. The van der Waals surface area contributed by atoms with Crippen molar-refractivity contribution in [1.29, 1.82) is 0 Å². The first-order valence-corrected chi connectivity index (χ1v) is 17.0. The molecule has 2 atom stereocenters. The van der Waals surface area contributed by atoms with Crippen LogP contribution in [-0.2, 0) is 71.1 Å². The minimum Gasteiger partial charge on any atom is -0.465 e. The van der Waals surface area contributed by atoms with Crippen molar-refractivity contribution in [3.8, 4) is 0 Å². The van der Waals surface area contributed by atoms with Crippen molar-refractivity contribution in [2.24, 2.45) is 11.8 Å². The van der Waals surface area contributed by atoms with E-state index in [0.717, 1.165) is 12.0 Å². The van der Waals surface area contributed by atoms with Gasteiger partial charge in [0.25, 0.3) is 0 Å². The van der Waals surface area contributed by atoms with Gasteiger partial charge >= 0.3 is 11.9 Å². The van der Waals surface area contributed by atoms with Crippen LogP contribution in [0.2, 0.25) is 0 Å². The molecule has 48 heavy (non-hydrogen) atoms. The van der Waals surface area contributed by atoms with Gasteiger partial charge in [0, 0.05) is 24.2 Å². The molecule has 284 valence electrons. The number of aliphatic hydroxyl groups excluding tert-OH is 1. The Kier molecular flexibility index (Phi) is 35.6. The van der Waals surface area contributed by atoms with Crippen LogP contribution in [0, 0.1) is 11.8 Å². The fraction of sp³-hybridized carbons (Fsp3) is 0.900. The molecule has 0 aromatic rings. The number of esters is 2. The van der Waals surface area contributed by atoms with E-state index in [1.807, 2.05) is 0 Å². The predicted molar refractivity (Wildman–Crippen MR) is 170 cm³/mol. The van der Waals surface area contributed by atoms with Crippen molar-refractivity contribution in [1.82, 2.24) is 0 Å². The van der Waals surface area contributed by atoms with E-state index in [4.69, 9.17) is 57.7 Å². The number of rotatable bonds is 38. The second kappa shape index (κ2) is 36.8. The van der Waals surface area contributed by atoms with Crippen LogP contribution < -0.4 is 0 Å². The highest BCUT2D eigenvalue weighted by atomic mass is 32.2. The first-order chi connectivity index (χ1) is 23.5. The molecular weight excluding hydrogens is 664 g/mol. The SMILES string of the molecule is CCC(=O)C(COC(=O)CCSOOO)CC(C)C(=O)OCCOCCOCCOCCOCCOCCOCCOCCOCCO. The van der Waals surface area contributed by atoms with E-state index in [2.05, 4.69) is 9.37 Å². The topological polar surface area (TPSA) is 202 Å². The molecule has 0 radical (unpaired) electrons. The van der Waals surface area contributed by atoms with Crippen LogP contribution in [0.5, 0.6) is 0 Å². The quantitative estimate of drug-likeness (QED) is 0.0303. The molecular formula is C30H56O17S. The Bertz CT molecular complexity index is 748. The molecule has 0 bridgehead atoms. The third kappa shape index (κ3) is 31.7. The standard InChI is InChI=1S/C30H56O17S/c1-3-28(32)27(25-45-29(33)4-23-48-47-46-35)24-26(2)30(34)44-22-21-43-20-19-42-18-17-41-16-15-40-14-13-39-12-11-38-10-9-37-8-7-36-6-5-31/h26-27,31,35H,3-25H2,1-2H3. The van der Waals surface area contributed by atoms with Gasteiger partial charge in [-0.2, -0.15) is 0 Å². The number of carbonyl (C=O) groups is 3. The van der Waals surface area contributed by atoms with Crippen molar-refractivity contribution >= 4 is 29.8 Å². The highest BCUT2D eigenvalue weighted by Crippen LogP contribution is 2.17. The highest BCUT2D eigenvalue weighted by molar-refractivity contribution is 7.94. The summed E-state index contributed by atoms with van der Waals surface area (Å²) in [6.45, 7) is 9.93. The fourth-order valence-electron chi connectivity index (χ4n) is 3.60. The van der Waals surface area contributed by atoms with Crippen molar-refractivity contribution in [3.05, 3.63) is 0 Å². The lowest BCUT2D eigenvalue weighted by atomic mass is 9.92. The summed E-state index contributed by atoms with van der Waals surface area (Å²) in [6, 6.07) is 0. The summed E-state index contributed by atoms with van der Waals surface area (Å²) in [5.74, 6) is -2.14. The summed E-state index contributed by atoms with van der Waals surface area (Å²) < 4.78 is 57.5. The van der Waals surface area contributed by atoms with Gasteiger partial charge in [0.2, 0.25) is 0 Å². The van der Waals surface area contributed by atoms with E-state index in [0.29, 0.717) is 99.1 Å². The molecule has 0 rings (SSSR count). The Morgan fingerprint density at radius 1 is 0.625 bits per heavy atom. The van der Waals surface area contributed by atoms with E-state index in [9.17, 15) is 14.4 Å². The smallest absolute Gasteiger partial charge is 0.308 e. The van der Waals surface area contributed by atoms with Crippen LogP contribution in [-0.4, -0.2) is 159 Å². The molecule has 0 saturated carbocycles. The van der Waals surface area contributed by atoms with E-state index < -0.39 is 23.8 Å². The van der Waals surface area contributed by atoms with Crippen LogP contribution in [0.15, 0.2) is 0 Å². The lowest BCUT2D eigenvalue weighted by molar-refractivity contribution is -0.432. The number of hydrogen-bond acceptors (Lipinski definition) is 18. The van der Waals surface area contributed by atoms with Gasteiger partial charge < -0.3 is 52.5 Å². The summed E-state index contributed by atoms with van der Waals surface area (Å²) in [4.78, 5) is 36.5. The summed E-state index contributed by atoms with van der Waals surface area (Å²) >= 11 is 0.727. The van der Waals surface area contributed by atoms with Gasteiger partial charge in [-0.15, -0.1) is 4.33 Å². The zero-order chi connectivity index (χ0) is 35.3. The number of ether oxygens (including phenoxy) is 10. The van der Waals surface area contributed by atoms with E-state index >= 15 is 0 Å². The maximum atomic E-state index is 12.4. The Labute approximate surface area is 287 Å². The summed E-state index contributed by atoms with van der Waals surface area (Å²) in [6.07, 6.45) is 0.425. The second-order valence-electron chi connectivity index (χ2n) is 9.84. The van der Waals surface area contributed by atoms with Crippen LogP contribution in [0.25, 0.3) is 0 Å². The Balaban J connectivity index is 3.57. The van der Waals surface area contributed by atoms with Crippen molar-refractivity contribution in [2.45, 2.75) is 33.1 Å². The number of hydrogen-bond donors (Lipinski definition) is 2. The molecule has 2 N–H and O–H groups in total. The zero-order valence-electron chi connectivity index (χ0n) is 28.3. The Morgan fingerprint density at radius 3 is 1.44 bits per heavy atom. The van der Waals surface area contributed by atoms with Gasteiger partial charge in [-0.05, 0) is 6.42 Å². The largest absolute Gasteiger partial charge is 0.465 e. The van der Waals surface area contributed by atoms with Gasteiger partial charge in [0.1, 0.15) is 19.0 Å².